The summed E-state index contributed by atoms with van der Waals surface area (Å²) in [7, 11) is 0. The molecule has 0 aliphatic heterocycles. The van der Waals surface area contributed by atoms with E-state index in [1.165, 1.54) is 27.8 Å². The van der Waals surface area contributed by atoms with E-state index in [2.05, 4.69) is 68.4 Å². The molecule has 0 aromatic heterocycles. The molecule has 3 rings (SSSR count). The van der Waals surface area contributed by atoms with Gasteiger partial charge in [0.25, 0.3) is 0 Å². The van der Waals surface area contributed by atoms with E-state index >= 15 is 0 Å². The molecule has 1 nitrogen and oxygen atoms in total. The predicted molar refractivity (Wildman–Crippen MR) is 92.1 cm³/mol. The summed E-state index contributed by atoms with van der Waals surface area (Å²) in [6.45, 7) is 4.84. The monoisotopic (exact) mass is 288 g/mol. The third-order valence-electron chi connectivity index (χ3n) is 3.65. The van der Waals surface area contributed by atoms with Gasteiger partial charge in [-0.25, -0.2) is 0 Å². The topological polar surface area (TPSA) is 9.23 Å². The first-order valence-electron chi connectivity index (χ1n) is 7.56. The smallest absolute Gasteiger partial charge is 0.119 e. The summed E-state index contributed by atoms with van der Waals surface area (Å²) in [6, 6.07) is 25.2. The summed E-state index contributed by atoms with van der Waals surface area (Å²) in [5.41, 5.74) is 6.20. The molecule has 0 spiro atoms. The lowest BCUT2D eigenvalue weighted by Gasteiger charge is -2.09. The van der Waals surface area contributed by atoms with Crippen LogP contribution < -0.4 is 4.74 Å². The molecule has 0 unspecified atom stereocenters. The maximum atomic E-state index is 5.89. The second-order valence-electron chi connectivity index (χ2n) is 5.68. The maximum absolute atomic E-state index is 5.89. The zero-order valence-corrected chi connectivity index (χ0v) is 13.0. The number of hydrogen-bond donors (Lipinski definition) is 0. The largest absolute Gasteiger partial charge is 0.489 e. The molecule has 22 heavy (non-hydrogen) atoms. The lowest BCUT2D eigenvalue weighted by atomic mass is 10.1. The van der Waals surface area contributed by atoms with Crippen LogP contribution >= 0.6 is 0 Å². The van der Waals surface area contributed by atoms with Crippen molar-refractivity contribution in [1.29, 1.82) is 0 Å². The molecule has 0 saturated carbocycles. The van der Waals surface area contributed by atoms with Crippen LogP contribution in [-0.2, 0) is 6.61 Å². The Morgan fingerprint density at radius 1 is 0.682 bits per heavy atom. The number of aryl methyl sites for hydroxylation is 2. The van der Waals surface area contributed by atoms with Gasteiger partial charge in [0, 0.05) is 0 Å². The Hall–Kier alpha value is -2.54. The first kappa shape index (κ1) is 14.4. The van der Waals surface area contributed by atoms with Crippen LogP contribution in [0.4, 0.5) is 0 Å². The quantitative estimate of drug-likeness (QED) is 0.611. The minimum absolute atomic E-state index is 0.604. The van der Waals surface area contributed by atoms with Crippen molar-refractivity contribution < 1.29 is 4.74 Å². The molecular weight excluding hydrogens is 268 g/mol. The Kier molecular flexibility index (Phi) is 4.24. The molecule has 3 aromatic carbocycles. The molecule has 3 aromatic rings. The summed E-state index contributed by atoms with van der Waals surface area (Å²) in [6.07, 6.45) is 0. The van der Waals surface area contributed by atoms with Crippen LogP contribution in [0.2, 0.25) is 0 Å². The van der Waals surface area contributed by atoms with Gasteiger partial charge < -0.3 is 4.74 Å². The van der Waals surface area contributed by atoms with Gasteiger partial charge in [-0.15, -0.1) is 0 Å². The van der Waals surface area contributed by atoms with Gasteiger partial charge in [-0.1, -0.05) is 71.8 Å². The van der Waals surface area contributed by atoms with Gasteiger partial charge in [0.15, 0.2) is 0 Å². The summed E-state index contributed by atoms with van der Waals surface area (Å²) in [5, 5.41) is 0. The van der Waals surface area contributed by atoms with Crippen LogP contribution in [0.25, 0.3) is 11.1 Å². The maximum Gasteiger partial charge on any atom is 0.119 e. The molecule has 0 fully saturated rings. The lowest BCUT2D eigenvalue weighted by Crippen LogP contribution is -1.96. The SMILES string of the molecule is Cc1cc(C)cc(COc2ccc(-c3ccccc3)cc2)c1. The predicted octanol–water partition coefficient (Wildman–Crippen LogP) is 5.55. The number of benzene rings is 3. The molecule has 0 aliphatic rings. The van der Waals surface area contributed by atoms with Crippen LogP contribution in [0.3, 0.4) is 0 Å². The van der Waals surface area contributed by atoms with Crippen molar-refractivity contribution in [3.05, 3.63) is 89.5 Å². The highest BCUT2D eigenvalue weighted by Crippen LogP contribution is 2.22. The zero-order valence-electron chi connectivity index (χ0n) is 13.0. The fraction of sp³-hybridized carbons (Fsp3) is 0.143. The number of hydrogen-bond acceptors (Lipinski definition) is 1. The van der Waals surface area contributed by atoms with Gasteiger partial charge in [0.2, 0.25) is 0 Å². The molecule has 1 heteroatoms. The molecule has 0 N–H and O–H groups in total. The van der Waals surface area contributed by atoms with Crippen molar-refractivity contribution >= 4 is 0 Å². The highest BCUT2D eigenvalue weighted by atomic mass is 16.5. The van der Waals surface area contributed by atoms with E-state index in [0.717, 1.165) is 5.75 Å². The molecule has 0 amide bonds. The standard InChI is InChI=1S/C21H20O/c1-16-12-17(2)14-18(13-16)15-22-21-10-8-20(9-11-21)19-6-4-3-5-7-19/h3-14H,15H2,1-2H3. The van der Waals surface area contributed by atoms with Crippen molar-refractivity contribution in [2.24, 2.45) is 0 Å². The van der Waals surface area contributed by atoms with E-state index in [4.69, 9.17) is 4.74 Å². The Morgan fingerprint density at radius 3 is 1.91 bits per heavy atom. The average molecular weight is 288 g/mol. The summed E-state index contributed by atoms with van der Waals surface area (Å²) >= 11 is 0. The van der Waals surface area contributed by atoms with Crippen molar-refractivity contribution in [2.45, 2.75) is 20.5 Å². The van der Waals surface area contributed by atoms with E-state index in [9.17, 15) is 0 Å². The van der Waals surface area contributed by atoms with E-state index < -0.39 is 0 Å². The minimum atomic E-state index is 0.604. The van der Waals surface area contributed by atoms with Gasteiger partial charge in [0.05, 0.1) is 0 Å². The highest BCUT2D eigenvalue weighted by molar-refractivity contribution is 5.63. The minimum Gasteiger partial charge on any atom is -0.489 e. The Balaban J connectivity index is 1.69. The lowest BCUT2D eigenvalue weighted by molar-refractivity contribution is 0.306. The van der Waals surface area contributed by atoms with Crippen molar-refractivity contribution in [3.63, 3.8) is 0 Å². The van der Waals surface area contributed by atoms with Gasteiger partial charge >= 0.3 is 0 Å². The van der Waals surface area contributed by atoms with Crippen LogP contribution in [0, 0.1) is 13.8 Å². The van der Waals surface area contributed by atoms with E-state index in [0.29, 0.717) is 6.61 Å². The van der Waals surface area contributed by atoms with Crippen LogP contribution in [0.15, 0.2) is 72.8 Å². The molecule has 0 bridgehead atoms. The van der Waals surface area contributed by atoms with Crippen LogP contribution in [0.5, 0.6) is 5.75 Å². The summed E-state index contributed by atoms with van der Waals surface area (Å²) < 4.78 is 5.89. The van der Waals surface area contributed by atoms with Gasteiger partial charge in [-0.05, 0) is 42.7 Å². The number of rotatable bonds is 4. The third-order valence-corrected chi connectivity index (χ3v) is 3.65. The van der Waals surface area contributed by atoms with Crippen molar-refractivity contribution in [1.82, 2.24) is 0 Å². The van der Waals surface area contributed by atoms with Crippen LogP contribution in [-0.4, -0.2) is 0 Å². The Labute approximate surface area is 132 Å². The first-order valence-corrected chi connectivity index (χ1v) is 7.56. The second kappa shape index (κ2) is 6.48. The molecule has 0 atom stereocenters. The fourth-order valence-corrected chi connectivity index (χ4v) is 2.69. The van der Waals surface area contributed by atoms with E-state index in [1.807, 2.05) is 18.2 Å². The molecular formula is C21H20O. The number of ether oxygens (including phenoxy) is 1. The fourth-order valence-electron chi connectivity index (χ4n) is 2.69. The average Bonchev–Trinajstić information content (AvgIpc) is 2.53. The van der Waals surface area contributed by atoms with E-state index in [-0.39, 0.29) is 0 Å². The summed E-state index contributed by atoms with van der Waals surface area (Å²) in [5.74, 6) is 0.902. The molecule has 0 aliphatic carbocycles. The first-order chi connectivity index (χ1) is 10.7. The highest BCUT2D eigenvalue weighted by Gasteiger charge is 2.00. The molecule has 110 valence electrons. The van der Waals surface area contributed by atoms with Crippen molar-refractivity contribution in [2.75, 3.05) is 0 Å². The Morgan fingerprint density at radius 2 is 1.27 bits per heavy atom. The molecule has 0 radical (unpaired) electrons. The van der Waals surface area contributed by atoms with Crippen molar-refractivity contribution in [3.8, 4) is 16.9 Å². The Bertz CT molecular complexity index is 722. The second-order valence-corrected chi connectivity index (χ2v) is 5.68. The third kappa shape index (κ3) is 3.56. The molecule has 0 heterocycles. The van der Waals surface area contributed by atoms with Gasteiger partial charge in [0.1, 0.15) is 12.4 Å². The molecule has 0 saturated heterocycles. The zero-order chi connectivity index (χ0) is 15.4. The van der Waals surface area contributed by atoms with E-state index in [1.54, 1.807) is 0 Å². The normalized spacial score (nSPS) is 10.5. The van der Waals surface area contributed by atoms with Gasteiger partial charge in [-0.2, -0.15) is 0 Å². The van der Waals surface area contributed by atoms with Crippen LogP contribution in [0.1, 0.15) is 16.7 Å². The summed E-state index contributed by atoms with van der Waals surface area (Å²) in [4.78, 5) is 0. The van der Waals surface area contributed by atoms with Gasteiger partial charge in [-0.3, -0.25) is 0 Å².